The summed E-state index contributed by atoms with van der Waals surface area (Å²) in [4.78, 5) is 27.3. The van der Waals surface area contributed by atoms with Gasteiger partial charge in [0.2, 0.25) is 0 Å². The van der Waals surface area contributed by atoms with Gasteiger partial charge in [0, 0.05) is 41.9 Å². The van der Waals surface area contributed by atoms with Gasteiger partial charge in [0.25, 0.3) is 0 Å². The van der Waals surface area contributed by atoms with Crippen molar-refractivity contribution in [1.82, 2.24) is 5.32 Å². The summed E-state index contributed by atoms with van der Waals surface area (Å²) in [6.45, 7) is 8.74. The number of Topliss-reactive ketones (excluding diaryl/α,β-unsaturated/α-hetero) is 1. The minimum Gasteiger partial charge on any atom is -0.410 e. The Kier molecular flexibility index (Phi) is 13.9. The summed E-state index contributed by atoms with van der Waals surface area (Å²) in [5, 5.41) is 38.2. The predicted octanol–water partition coefficient (Wildman–Crippen LogP) is 7.61. The second kappa shape index (κ2) is 18.7. The molecule has 5 aliphatic rings. The third kappa shape index (κ3) is 9.01. The number of aliphatic hydroxyl groups is 3. The quantitative estimate of drug-likeness (QED) is 0.103. The summed E-state index contributed by atoms with van der Waals surface area (Å²) in [6, 6.07) is 5.46. The molecule has 6 N–H and O–H groups in total. The number of nitrogens with one attached hydrogen (secondary N) is 1. The molecule has 1 aromatic carbocycles. The number of aliphatic hydroxyl groups excluding tert-OH is 2. The van der Waals surface area contributed by atoms with Gasteiger partial charge in [-0.1, -0.05) is 96.9 Å². The Morgan fingerprint density at radius 1 is 1.12 bits per heavy atom. The molecule has 1 spiro atoms. The molecule has 6 rings (SSSR count). The summed E-state index contributed by atoms with van der Waals surface area (Å²) in [7, 11) is 0. The molecule has 0 unspecified atom stereocenters. The second-order valence-corrected chi connectivity index (χ2v) is 16.9. The lowest BCUT2D eigenvalue weighted by atomic mass is 9.52. The lowest BCUT2D eigenvalue weighted by Crippen LogP contribution is -2.59. The molecule has 3 fully saturated rings. The Bertz CT molecular complexity index is 1820. The van der Waals surface area contributed by atoms with Crippen LogP contribution in [0.15, 0.2) is 76.9 Å². The fourth-order valence-corrected chi connectivity index (χ4v) is 10.4. The fourth-order valence-electron chi connectivity index (χ4n) is 10.4. The second-order valence-electron chi connectivity index (χ2n) is 16.9. The first-order valence-corrected chi connectivity index (χ1v) is 20.8. The summed E-state index contributed by atoms with van der Waals surface area (Å²) >= 11 is 0. The Labute approximate surface area is 333 Å². The summed E-state index contributed by atoms with van der Waals surface area (Å²) in [6.07, 6.45) is 16.5. The van der Waals surface area contributed by atoms with Crippen molar-refractivity contribution >= 4 is 11.9 Å². The number of ether oxygens (including phenoxy) is 2. The SMILES string of the molecule is C=C1/C=C/C=C(/[C@H]2CC[C@@]3([C@H](CCCO)/C(=C(/C(=O)Cc4cccc5c4OC(=O)N[C@@H]5N)C4CCCCC4)CC[C@@]3(C)O)[C@@H]2O)COCC#CC/C(C)=C\CC1. The molecule has 2 heterocycles. The van der Waals surface area contributed by atoms with Crippen LogP contribution < -0.4 is 15.8 Å². The van der Waals surface area contributed by atoms with Crippen LogP contribution in [-0.4, -0.2) is 58.7 Å². The van der Waals surface area contributed by atoms with E-state index in [1.165, 1.54) is 5.57 Å². The zero-order valence-corrected chi connectivity index (χ0v) is 33.4. The predicted molar refractivity (Wildman–Crippen MR) is 218 cm³/mol. The molecule has 56 heavy (non-hydrogen) atoms. The molecule has 2 aliphatic heterocycles. The van der Waals surface area contributed by atoms with Crippen LogP contribution in [0.3, 0.4) is 0 Å². The van der Waals surface area contributed by atoms with Crippen molar-refractivity contribution in [2.75, 3.05) is 19.8 Å². The zero-order chi connectivity index (χ0) is 39.9. The normalized spacial score (nSPS) is 33.9. The van der Waals surface area contributed by atoms with E-state index in [9.17, 15) is 24.9 Å². The van der Waals surface area contributed by atoms with Crippen LogP contribution in [0.25, 0.3) is 0 Å². The standard InChI is InChI=1S/C47H62N2O7/c1-31-13-7-8-28-55-30-35(20-10-16-32(2)15-9-14-31)36-24-26-47(43(36)52)39(22-12-27-50)37(23-25-46(47,3)54)41(33-17-5-4-6-18-33)40(51)29-34-19-11-21-38-42(34)56-45(53)49-44(38)48/h10-11,14,16,19-21,33,36,39,43-44,50,52,54H,2,4-6,9,12-13,15,17-18,22-30,48H2,1,3H3,(H,49,53)/b16-10+,31-14-,35-20+,41-37+/t36-,39-,43-,44+,46-,47-/m1/s1. The Morgan fingerprint density at radius 2 is 1.93 bits per heavy atom. The van der Waals surface area contributed by atoms with Crippen LogP contribution in [0.4, 0.5) is 4.79 Å². The van der Waals surface area contributed by atoms with Crippen LogP contribution in [0.2, 0.25) is 0 Å². The van der Waals surface area contributed by atoms with Gasteiger partial charge in [0.1, 0.15) is 18.5 Å². The molecule has 9 nitrogen and oxygen atoms in total. The number of carbonyl (C=O) groups excluding carboxylic acids is 2. The molecule has 0 aromatic heterocycles. The van der Waals surface area contributed by atoms with Crippen LogP contribution in [0, 0.1) is 35.0 Å². The lowest BCUT2D eigenvalue weighted by molar-refractivity contribution is -0.168. The van der Waals surface area contributed by atoms with E-state index in [2.05, 4.69) is 36.7 Å². The maximum absolute atomic E-state index is 15.0. The van der Waals surface area contributed by atoms with Gasteiger partial charge in [0.15, 0.2) is 5.78 Å². The molecule has 302 valence electrons. The maximum atomic E-state index is 15.0. The smallest absolute Gasteiger partial charge is 0.410 e. The van der Waals surface area contributed by atoms with Gasteiger partial charge in [-0.3, -0.25) is 4.79 Å². The number of ketones is 1. The molecule has 0 bridgehead atoms. The summed E-state index contributed by atoms with van der Waals surface area (Å²) < 4.78 is 11.7. The fraction of sp³-hybridized carbons (Fsp3) is 0.574. The van der Waals surface area contributed by atoms with E-state index < -0.39 is 29.4 Å². The van der Waals surface area contributed by atoms with Crippen molar-refractivity contribution < 1.29 is 34.4 Å². The van der Waals surface area contributed by atoms with Crippen LogP contribution in [0.5, 0.6) is 5.75 Å². The van der Waals surface area contributed by atoms with Crippen molar-refractivity contribution in [3.8, 4) is 17.6 Å². The van der Waals surface area contributed by atoms with Gasteiger partial charge >= 0.3 is 6.09 Å². The number of para-hydroxylation sites is 1. The molecular weight excluding hydrogens is 705 g/mol. The van der Waals surface area contributed by atoms with E-state index in [0.29, 0.717) is 68.4 Å². The monoisotopic (exact) mass is 766 g/mol. The zero-order valence-electron chi connectivity index (χ0n) is 33.4. The number of rotatable bonds is 8. The van der Waals surface area contributed by atoms with E-state index in [1.54, 1.807) is 6.07 Å². The lowest BCUT2D eigenvalue weighted by Gasteiger charge is -2.56. The van der Waals surface area contributed by atoms with Crippen molar-refractivity contribution in [2.45, 2.75) is 128 Å². The van der Waals surface area contributed by atoms with Crippen molar-refractivity contribution in [3.05, 3.63) is 88.1 Å². The number of nitrogens with two attached hydrogens (primary N) is 1. The average molecular weight is 767 g/mol. The van der Waals surface area contributed by atoms with Crippen molar-refractivity contribution in [2.24, 2.45) is 28.9 Å². The van der Waals surface area contributed by atoms with Crippen LogP contribution in [0.1, 0.15) is 121 Å². The van der Waals surface area contributed by atoms with Gasteiger partial charge in [-0.05, 0) is 101 Å². The van der Waals surface area contributed by atoms with Gasteiger partial charge < -0.3 is 35.8 Å². The van der Waals surface area contributed by atoms with Gasteiger partial charge in [0.05, 0.1) is 18.3 Å². The van der Waals surface area contributed by atoms with E-state index >= 15 is 0 Å². The number of allylic oxidation sites excluding steroid dienone is 8. The van der Waals surface area contributed by atoms with E-state index in [0.717, 1.165) is 67.2 Å². The van der Waals surface area contributed by atoms with Gasteiger partial charge in [-0.25, -0.2) is 4.79 Å². The topological polar surface area (TPSA) is 151 Å². The highest BCUT2D eigenvalue weighted by molar-refractivity contribution is 5.98. The first-order chi connectivity index (χ1) is 27.0. The van der Waals surface area contributed by atoms with E-state index in [-0.39, 0.29) is 43.2 Å². The third-order valence-electron chi connectivity index (χ3n) is 13.3. The average Bonchev–Trinajstić information content (AvgIpc) is 3.51. The minimum absolute atomic E-state index is 0.0204. The summed E-state index contributed by atoms with van der Waals surface area (Å²) in [5.41, 5.74) is 10.3. The molecular formula is C47H62N2O7. The third-order valence-corrected chi connectivity index (χ3v) is 13.3. The Balaban J connectivity index is 1.39. The first-order valence-electron chi connectivity index (χ1n) is 20.8. The van der Waals surface area contributed by atoms with E-state index in [4.69, 9.17) is 15.2 Å². The molecule has 3 aliphatic carbocycles. The Morgan fingerprint density at radius 3 is 2.71 bits per heavy atom. The molecule has 3 saturated carbocycles. The van der Waals surface area contributed by atoms with Crippen LogP contribution >= 0.6 is 0 Å². The largest absolute Gasteiger partial charge is 0.414 e. The molecule has 1 amide bonds. The molecule has 9 heteroatoms. The van der Waals surface area contributed by atoms with Crippen molar-refractivity contribution in [1.29, 1.82) is 0 Å². The molecule has 0 saturated heterocycles. The van der Waals surface area contributed by atoms with Gasteiger partial charge in [-0.15, -0.1) is 0 Å². The highest BCUT2D eigenvalue weighted by Gasteiger charge is 2.64. The number of hydrogen-bond acceptors (Lipinski definition) is 8. The summed E-state index contributed by atoms with van der Waals surface area (Å²) in [5.74, 6) is 6.09. The Hall–Kier alpha value is -3.78. The molecule has 0 radical (unpaired) electrons. The van der Waals surface area contributed by atoms with Crippen molar-refractivity contribution in [3.63, 3.8) is 0 Å². The molecule has 1 aromatic rings. The first kappa shape index (κ1) is 41.8. The number of amides is 1. The van der Waals surface area contributed by atoms with Gasteiger partial charge in [-0.2, -0.15) is 0 Å². The number of fused-ring (bicyclic) bond motifs is 1. The molecule has 6 atom stereocenters. The number of hydrogen-bond donors (Lipinski definition) is 5. The highest BCUT2D eigenvalue weighted by Crippen LogP contribution is 2.63. The highest BCUT2D eigenvalue weighted by atomic mass is 16.6. The minimum atomic E-state index is -1.23. The van der Waals surface area contributed by atoms with E-state index in [1.807, 2.05) is 37.3 Å². The van der Waals surface area contributed by atoms with Crippen LogP contribution in [-0.2, 0) is 16.0 Å². The number of carbonyl (C=O) groups is 2. The maximum Gasteiger partial charge on any atom is 0.414 e. The number of benzene rings is 1.